The smallest absolute Gasteiger partial charge is 0.238 e. The van der Waals surface area contributed by atoms with E-state index in [9.17, 15) is 4.79 Å². The van der Waals surface area contributed by atoms with Crippen molar-refractivity contribution < 1.29 is 14.3 Å². The number of amides is 1. The predicted octanol–water partition coefficient (Wildman–Crippen LogP) is 1.06. The summed E-state index contributed by atoms with van der Waals surface area (Å²) < 4.78 is 11.0. The van der Waals surface area contributed by atoms with Crippen molar-refractivity contribution >= 4 is 5.91 Å². The number of carbonyl (C=O) groups excluding carboxylic acids is 1. The highest BCUT2D eigenvalue weighted by Gasteiger charge is 2.46. The molecule has 1 amide bonds. The van der Waals surface area contributed by atoms with Gasteiger partial charge in [0.2, 0.25) is 5.91 Å². The Balaban J connectivity index is 2.26. The SMILES string of the molecule is CNC1(C(N)=O)CCCC1CCOCCOC(C)C. The lowest BCUT2D eigenvalue weighted by molar-refractivity contribution is -0.126. The minimum atomic E-state index is -0.530. The predicted molar refractivity (Wildman–Crippen MR) is 74.9 cm³/mol. The molecule has 0 aromatic carbocycles. The van der Waals surface area contributed by atoms with Crippen molar-refractivity contribution in [1.29, 1.82) is 0 Å². The average Bonchev–Trinajstić information content (AvgIpc) is 2.77. The Hall–Kier alpha value is -0.650. The summed E-state index contributed by atoms with van der Waals surface area (Å²) in [5.74, 6) is 0.0432. The van der Waals surface area contributed by atoms with Crippen molar-refractivity contribution in [2.45, 2.75) is 51.2 Å². The Bertz CT molecular complexity index is 284. The van der Waals surface area contributed by atoms with Gasteiger partial charge in [0.15, 0.2) is 0 Å². The summed E-state index contributed by atoms with van der Waals surface area (Å²) in [7, 11) is 1.82. The maximum Gasteiger partial charge on any atom is 0.238 e. The number of hydrogen-bond acceptors (Lipinski definition) is 4. The van der Waals surface area contributed by atoms with Crippen LogP contribution in [-0.4, -0.2) is 44.4 Å². The molecule has 1 saturated carbocycles. The third kappa shape index (κ3) is 4.44. The molecule has 0 radical (unpaired) electrons. The van der Waals surface area contributed by atoms with Gasteiger partial charge in [-0.15, -0.1) is 0 Å². The van der Waals surface area contributed by atoms with E-state index >= 15 is 0 Å². The van der Waals surface area contributed by atoms with Gasteiger partial charge >= 0.3 is 0 Å². The molecule has 0 bridgehead atoms. The van der Waals surface area contributed by atoms with Crippen molar-refractivity contribution in [2.75, 3.05) is 26.9 Å². The molecule has 2 unspecified atom stereocenters. The second-order valence-corrected chi connectivity index (χ2v) is 5.50. The fraction of sp³-hybridized carbons (Fsp3) is 0.929. The fourth-order valence-corrected chi connectivity index (χ4v) is 2.92. The Morgan fingerprint density at radius 3 is 2.74 bits per heavy atom. The molecule has 1 fully saturated rings. The Labute approximate surface area is 116 Å². The number of nitrogens with two attached hydrogens (primary N) is 1. The van der Waals surface area contributed by atoms with E-state index in [1.807, 2.05) is 20.9 Å². The van der Waals surface area contributed by atoms with Crippen LogP contribution in [0.15, 0.2) is 0 Å². The van der Waals surface area contributed by atoms with Crippen LogP contribution in [0.1, 0.15) is 39.5 Å². The third-order valence-corrected chi connectivity index (χ3v) is 4.00. The Kier molecular flexibility index (Phi) is 6.75. The van der Waals surface area contributed by atoms with Gasteiger partial charge in [-0.25, -0.2) is 0 Å². The minimum Gasteiger partial charge on any atom is -0.379 e. The van der Waals surface area contributed by atoms with Crippen LogP contribution < -0.4 is 11.1 Å². The highest BCUT2D eigenvalue weighted by atomic mass is 16.5. The number of hydrogen-bond donors (Lipinski definition) is 2. The third-order valence-electron chi connectivity index (χ3n) is 4.00. The molecule has 0 aromatic rings. The second-order valence-electron chi connectivity index (χ2n) is 5.50. The summed E-state index contributed by atoms with van der Waals surface area (Å²) in [5, 5.41) is 3.14. The number of ether oxygens (including phenoxy) is 2. The van der Waals surface area contributed by atoms with Gasteiger partial charge in [-0.2, -0.15) is 0 Å². The molecule has 1 aliphatic carbocycles. The first-order chi connectivity index (χ1) is 9.03. The zero-order valence-corrected chi connectivity index (χ0v) is 12.4. The lowest BCUT2D eigenvalue weighted by atomic mass is 9.84. The quantitative estimate of drug-likeness (QED) is 0.616. The summed E-state index contributed by atoms with van der Waals surface area (Å²) in [6, 6.07) is 0. The van der Waals surface area contributed by atoms with Crippen LogP contribution in [0, 0.1) is 5.92 Å². The van der Waals surface area contributed by atoms with Gasteiger partial charge in [0, 0.05) is 6.61 Å². The van der Waals surface area contributed by atoms with Crippen LogP contribution >= 0.6 is 0 Å². The number of carbonyl (C=O) groups is 1. The minimum absolute atomic E-state index is 0.236. The van der Waals surface area contributed by atoms with Gasteiger partial charge in [-0.1, -0.05) is 6.42 Å². The maximum atomic E-state index is 11.7. The van der Waals surface area contributed by atoms with Crippen LogP contribution in [-0.2, 0) is 14.3 Å². The van der Waals surface area contributed by atoms with E-state index in [1.54, 1.807) is 0 Å². The highest BCUT2D eigenvalue weighted by molar-refractivity contribution is 5.85. The summed E-state index contributed by atoms with van der Waals surface area (Å²) >= 11 is 0. The molecule has 5 heteroatoms. The van der Waals surface area contributed by atoms with Crippen molar-refractivity contribution in [1.82, 2.24) is 5.32 Å². The van der Waals surface area contributed by atoms with E-state index < -0.39 is 5.54 Å². The van der Waals surface area contributed by atoms with Gasteiger partial charge in [0.25, 0.3) is 0 Å². The van der Waals surface area contributed by atoms with Gasteiger partial charge in [0.05, 0.1) is 19.3 Å². The van der Waals surface area contributed by atoms with E-state index in [-0.39, 0.29) is 17.9 Å². The first-order valence-electron chi connectivity index (χ1n) is 7.21. The molecule has 0 aliphatic heterocycles. The van der Waals surface area contributed by atoms with Crippen molar-refractivity contribution in [3.8, 4) is 0 Å². The molecule has 0 saturated heterocycles. The first kappa shape index (κ1) is 16.4. The van der Waals surface area contributed by atoms with Gasteiger partial charge in [-0.3, -0.25) is 4.79 Å². The topological polar surface area (TPSA) is 73.6 Å². The Morgan fingerprint density at radius 2 is 2.16 bits per heavy atom. The van der Waals surface area contributed by atoms with E-state index in [1.165, 1.54) is 0 Å². The van der Waals surface area contributed by atoms with Gasteiger partial charge in [-0.05, 0) is 46.1 Å². The number of nitrogens with one attached hydrogen (secondary N) is 1. The van der Waals surface area contributed by atoms with Crippen molar-refractivity contribution in [2.24, 2.45) is 11.7 Å². The summed E-state index contributed by atoms with van der Waals surface area (Å²) in [6.07, 6.45) is 4.02. The standard InChI is InChI=1S/C14H28N2O3/c1-11(2)19-10-9-18-8-6-12-5-4-7-14(12,16-3)13(15)17/h11-12,16H,4-10H2,1-3H3,(H2,15,17). The largest absolute Gasteiger partial charge is 0.379 e. The molecule has 1 aliphatic rings. The molecule has 2 atom stereocenters. The first-order valence-corrected chi connectivity index (χ1v) is 7.21. The lowest BCUT2D eigenvalue weighted by Crippen LogP contribution is -2.56. The maximum absolute atomic E-state index is 11.7. The summed E-state index contributed by atoms with van der Waals surface area (Å²) in [6.45, 7) is 5.89. The lowest BCUT2D eigenvalue weighted by Gasteiger charge is -2.32. The van der Waals surface area contributed by atoms with E-state index in [4.69, 9.17) is 15.2 Å². The van der Waals surface area contributed by atoms with Gasteiger partial charge < -0.3 is 20.5 Å². The number of primary amides is 1. The highest BCUT2D eigenvalue weighted by Crippen LogP contribution is 2.37. The zero-order valence-electron chi connectivity index (χ0n) is 12.4. The average molecular weight is 272 g/mol. The molecule has 0 heterocycles. The Morgan fingerprint density at radius 1 is 1.42 bits per heavy atom. The normalized spacial score (nSPS) is 27.1. The van der Waals surface area contributed by atoms with Gasteiger partial charge in [0.1, 0.15) is 5.54 Å². The van der Waals surface area contributed by atoms with E-state index in [2.05, 4.69) is 5.32 Å². The monoisotopic (exact) mass is 272 g/mol. The molecule has 5 nitrogen and oxygen atoms in total. The van der Waals surface area contributed by atoms with Crippen LogP contribution in [0.25, 0.3) is 0 Å². The van der Waals surface area contributed by atoms with Crippen LogP contribution in [0.3, 0.4) is 0 Å². The molecule has 19 heavy (non-hydrogen) atoms. The zero-order chi connectivity index (χ0) is 14.3. The van der Waals surface area contributed by atoms with Crippen LogP contribution in [0.2, 0.25) is 0 Å². The summed E-state index contributed by atoms with van der Waals surface area (Å²) in [4.78, 5) is 11.7. The van der Waals surface area contributed by atoms with Crippen molar-refractivity contribution in [3.63, 3.8) is 0 Å². The molecular formula is C14H28N2O3. The van der Waals surface area contributed by atoms with Crippen molar-refractivity contribution in [3.05, 3.63) is 0 Å². The molecule has 0 aromatic heterocycles. The molecule has 0 spiro atoms. The molecule has 1 rings (SSSR count). The number of rotatable bonds is 9. The second kappa shape index (κ2) is 7.82. The fourth-order valence-electron chi connectivity index (χ4n) is 2.92. The van der Waals surface area contributed by atoms with E-state index in [0.717, 1.165) is 25.7 Å². The molecule has 112 valence electrons. The summed E-state index contributed by atoms with van der Waals surface area (Å²) in [5.41, 5.74) is 5.03. The number of likely N-dealkylation sites (N-methyl/N-ethyl adjacent to an activating group) is 1. The molecule has 3 N–H and O–H groups in total. The molecular weight excluding hydrogens is 244 g/mol. The van der Waals surface area contributed by atoms with Crippen LogP contribution in [0.4, 0.5) is 0 Å². The van der Waals surface area contributed by atoms with E-state index in [0.29, 0.717) is 19.8 Å². The van der Waals surface area contributed by atoms with Crippen LogP contribution in [0.5, 0.6) is 0 Å².